The lowest BCUT2D eigenvalue weighted by Crippen LogP contribution is -2.30. The van der Waals surface area contributed by atoms with Crippen LogP contribution in [0.2, 0.25) is 5.02 Å². The summed E-state index contributed by atoms with van der Waals surface area (Å²) in [6, 6.07) is 7.18. The van der Waals surface area contributed by atoms with Crippen molar-refractivity contribution in [2.75, 3.05) is 6.54 Å². The van der Waals surface area contributed by atoms with Crippen LogP contribution in [0.15, 0.2) is 28.8 Å². The predicted octanol–water partition coefficient (Wildman–Crippen LogP) is 2.46. The highest BCUT2D eigenvalue weighted by Gasteiger charge is 2.14. The molecule has 2 rings (SSSR count). The summed E-state index contributed by atoms with van der Waals surface area (Å²) in [5, 5.41) is 16.9. The third-order valence-electron chi connectivity index (χ3n) is 3.38. The van der Waals surface area contributed by atoms with E-state index in [9.17, 15) is 9.90 Å². The standard InChI is InChI=1S/C16H20ClN3O3/c1-10(2)13(21)9-14(22)18-7-6-15-19-16(20-23-15)11-4-3-5-12(17)8-11/h3-5,8,10,13,21H,6-7,9H2,1-2H3,(H,18,22). The zero-order valence-corrected chi connectivity index (χ0v) is 13.9. The molecule has 0 saturated carbocycles. The lowest BCUT2D eigenvalue weighted by Gasteiger charge is -2.13. The van der Waals surface area contributed by atoms with E-state index in [0.717, 1.165) is 5.56 Å². The first kappa shape index (κ1) is 17.4. The van der Waals surface area contributed by atoms with E-state index in [2.05, 4.69) is 15.5 Å². The molecule has 1 unspecified atom stereocenters. The molecule has 0 saturated heterocycles. The van der Waals surface area contributed by atoms with E-state index < -0.39 is 6.10 Å². The average Bonchev–Trinajstić information content (AvgIpc) is 2.96. The van der Waals surface area contributed by atoms with Gasteiger partial charge in [0.05, 0.1) is 12.5 Å². The minimum atomic E-state index is -0.632. The van der Waals surface area contributed by atoms with Crippen LogP contribution in [0, 0.1) is 5.92 Å². The summed E-state index contributed by atoms with van der Waals surface area (Å²) in [7, 11) is 0. The second kappa shape index (κ2) is 8.08. The molecule has 0 aliphatic heterocycles. The maximum atomic E-state index is 11.7. The van der Waals surface area contributed by atoms with Crippen molar-refractivity contribution < 1.29 is 14.4 Å². The largest absolute Gasteiger partial charge is 0.392 e. The van der Waals surface area contributed by atoms with Crippen LogP contribution in [0.1, 0.15) is 26.2 Å². The number of aliphatic hydroxyl groups is 1. The summed E-state index contributed by atoms with van der Waals surface area (Å²) in [6.45, 7) is 4.11. The van der Waals surface area contributed by atoms with Crippen LogP contribution in [0.3, 0.4) is 0 Å². The molecule has 1 aromatic heterocycles. The van der Waals surface area contributed by atoms with E-state index in [0.29, 0.717) is 29.7 Å². The van der Waals surface area contributed by atoms with Crippen LogP contribution in [0.5, 0.6) is 0 Å². The molecule has 0 bridgehead atoms. The summed E-state index contributed by atoms with van der Waals surface area (Å²) >= 11 is 5.93. The van der Waals surface area contributed by atoms with Crippen molar-refractivity contribution in [2.24, 2.45) is 5.92 Å². The van der Waals surface area contributed by atoms with Gasteiger partial charge in [-0.15, -0.1) is 0 Å². The quantitative estimate of drug-likeness (QED) is 0.810. The Morgan fingerprint density at radius 1 is 1.43 bits per heavy atom. The maximum absolute atomic E-state index is 11.7. The number of aliphatic hydroxyl groups excluding tert-OH is 1. The van der Waals surface area contributed by atoms with Gasteiger partial charge in [-0.05, 0) is 18.1 Å². The number of carbonyl (C=O) groups excluding carboxylic acids is 1. The topological polar surface area (TPSA) is 88.2 Å². The fourth-order valence-corrected chi connectivity index (χ4v) is 2.10. The first-order valence-electron chi connectivity index (χ1n) is 7.49. The van der Waals surface area contributed by atoms with E-state index in [1.807, 2.05) is 26.0 Å². The highest BCUT2D eigenvalue weighted by Crippen LogP contribution is 2.19. The summed E-state index contributed by atoms with van der Waals surface area (Å²) in [5.74, 6) is 0.756. The molecule has 0 radical (unpaired) electrons. The van der Waals surface area contributed by atoms with E-state index in [1.165, 1.54) is 0 Å². The molecule has 6 nitrogen and oxygen atoms in total. The number of hydrogen-bond donors (Lipinski definition) is 2. The average molecular weight is 338 g/mol. The SMILES string of the molecule is CC(C)C(O)CC(=O)NCCc1nc(-c2cccc(Cl)c2)no1. The van der Waals surface area contributed by atoms with Crippen molar-refractivity contribution in [3.63, 3.8) is 0 Å². The molecule has 7 heteroatoms. The van der Waals surface area contributed by atoms with Crippen LogP contribution in [0.4, 0.5) is 0 Å². The van der Waals surface area contributed by atoms with Crippen molar-refractivity contribution in [3.05, 3.63) is 35.2 Å². The smallest absolute Gasteiger partial charge is 0.228 e. The van der Waals surface area contributed by atoms with Gasteiger partial charge in [0.2, 0.25) is 17.6 Å². The van der Waals surface area contributed by atoms with E-state index in [4.69, 9.17) is 16.1 Å². The summed E-state index contributed by atoms with van der Waals surface area (Å²) in [6.07, 6.45) is -0.111. The fraction of sp³-hybridized carbons (Fsp3) is 0.438. The molecular formula is C16H20ClN3O3. The number of benzene rings is 1. The molecule has 2 N–H and O–H groups in total. The Morgan fingerprint density at radius 3 is 2.91 bits per heavy atom. The number of aromatic nitrogens is 2. The molecule has 23 heavy (non-hydrogen) atoms. The van der Waals surface area contributed by atoms with Crippen molar-refractivity contribution in [1.29, 1.82) is 0 Å². The fourth-order valence-electron chi connectivity index (χ4n) is 1.91. The Kier molecular flexibility index (Phi) is 6.12. The number of nitrogens with one attached hydrogen (secondary N) is 1. The van der Waals surface area contributed by atoms with Gasteiger partial charge >= 0.3 is 0 Å². The van der Waals surface area contributed by atoms with Crippen molar-refractivity contribution in [2.45, 2.75) is 32.8 Å². The minimum Gasteiger partial charge on any atom is -0.392 e. The first-order valence-corrected chi connectivity index (χ1v) is 7.87. The number of hydrogen-bond acceptors (Lipinski definition) is 5. The van der Waals surface area contributed by atoms with Gasteiger partial charge < -0.3 is 14.9 Å². The third kappa shape index (κ3) is 5.33. The molecule has 2 aromatic rings. The lowest BCUT2D eigenvalue weighted by molar-refractivity contribution is -0.123. The molecule has 0 fully saturated rings. The second-order valence-electron chi connectivity index (χ2n) is 5.64. The number of carbonyl (C=O) groups is 1. The number of halogens is 1. The molecular weight excluding hydrogens is 318 g/mol. The molecule has 1 amide bonds. The van der Waals surface area contributed by atoms with Gasteiger partial charge in [0.25, 0.3) is 0 Å². The Bertz CT molecular complexity index is 658. The first-order chi connectivity index (χ1) is 11.0. The molecule has 1 heterocycles. The monoisotopic (exact) mass is 337 g/mol. The highest BCUT2D eigenvalue weighted by molar-refractivity contribution is 6.30. The zero-order valence-electron chi connectivity index (χ0n) is 13.1. The van der Waals surface area contributed by atoms with Crippen molar-refractivity contribution in [1.82, 2.24) is 15.5 Å². The minimum absolute atomic E-state index is 0.0527. The van der Waals surface area contributed by atoms with Crippen molar-refractivity contribution in [3.8, 4) is 11.4 Å². The van der Waals surface area contributed by atoms with Gasteiger partial charge in [0.15, 0.2) is 0 Å². The summed E-state index contributed by atoms with van der Waals surface area (Å²) in [5.41, 5.74) is 0.775. The predicted molar refractivity (Wildman–Crippen MR) is 86.9 cm³/mol. The molecule has 124 valence electrons. The van der Waals surface area contributed by atoms with Crippen LogP contribution in [-0.2, 0) is 11.2 Å². The van der Waals surface area contributed by atoms with Crippen LogP contribution in [-0.4, -0.2) is 33.8 Å². The molecule has 0 aliphatic rings. The summed E-state index contributed by atoms with van der Waals surface area (Å²) in [4.78, 5) is 15.9. The number of nitrogens with zero attached hydrogens (tertiary/aromatic N) is 2. The van der Waals surface area contributed by atoms with Crippen molar-refractivity contribution >= 4 is 17.5 Å². The van der Waals surface area contributed by atoms with Crippen LogP contribution < -0.4 is 5.32 Å². The molecule has 0 aliphatic carbocycles. The Labute approximate surface area is 139 Å². The summed E-state index contributed by atoms with van der Waals surface area (Å²) < 4.78 is 5.16. The van der Waals surface area contributed by atoms with E-state index in [1.54, 1.807) is 12.1 Å². The van der Waals surface area contributed by atoms with Gasteiger partial charge in [-0.2, -0.15) is 4.98 Å². The second-order valence-corrected chi connectivity index (χ2v) is 6.07. The third-order valence-corrected chi connectivity index (χ3v) is 3.61. The highest BCUT2D eigenvalue weighted by atomic mass is 35.5. The molecule has 1 atom stereocenters. The van der Waals surface area contributed by atoms with Gasteiger partial charge in [-0.1, -0.05) is 42.7 Å². The zero-order chi connectivity index (χ0) is 16.8. The van der Waals surface area contributed by atoms with Gasteiger partial charge in [0.1, 0.15) is 0 Å². The Morgan fingerprint density at radius 2 is 2.22 bits per heavy atom. The van der Waals surface area contributed by atoms with E-state index in [-0.39, 0.29) is 18.2 Å². The van der Waals surface area contributed by atoms with E-state index >= 15 is 0 Å². The number of rotatable bonds is 7. The van der Waals surface area contributed by atoms with Crippen LogP contribution in [0.25, 0.3) is 11.4 Å². The Hall–Kier alpha value is -1.92. The Balaban J connectivity index is 1.82. The molecule has 0 spiro atoms. The van der Waals surface area contributed by atoms with Crippen LogP contribution >= 0.6 is 11.6 Å². The normalized spacial score (nSPS) is 12.4. The number of amides is 1. The van der Waals surface area contributed by atoms with Gasteiger partial charge in [-0.3, -0.25) is 4.79 Å². The van der Waals surface area contributed by atoms with Gasteiger partial charge in [0, 0.05) is 23.6 Å². The van der Waals surface area contributed by atoms with Gasteiger partial charge in [-0.25, -0.2) is 0 Å². The lowest BCUT2D eigenvalue weighted by atomic mass is 10.0. The molecule has 1 aromatic carbocycles. The maximum Gasteiger partial charge on any atom is 0.228 e.